The third kappa shape index (κ3) is 22.5. The average Bonchev–Trinajstić information content (AvgIpc) is 2.75. The minimum Gasteiger partial charge on any atom is -0.607 e. The number of benzene rings is 2. The second-order valence-electron chi connectivity index (χ2n) is 5.67. The van der Waals surface area contributed by atoms with Gasteiger partial charge in [-0.3, -0.25) is 4.79 Å². The van der Waals surface area contributed by atoms with E-state index in [1.54, 1.807) is 19.2 Å². The topological polar surface area (TPSA) is 168 Å². The summed E-state index contributed by atoms with van der Waals surface area (Å²) in [4.78, 5) is 41.8. The number of Topliss-reactive ketones (excluding diaryl/α,β-unsaturated/α-hetero) is 1. The van der Waals surface area contributed by atoms with E-state index >= 15 is 0 Å². The predicted molar refractivity (Wildman–Crippen MR) is 180 cm³/mol. The van der Waals surface area contributed by atoms with Gasteiger partial charge >= 0.3 is 11.9 Å². The molecule has 0 spiro atoms. The standard InChI is InChI=1S/C11H9I2O4.C7H4I2O3.C2H3O3.4CH4.2Y/c1-6(14)5-17-11(15)7-3-8(12)10(16-2)9(13)4-7;8-4-1-3(7(11)12)2-5(9)6(4)10;3-1-2(4)5;;;;;;/h3-5H,1-2H3;1-2,10H,(H,11,12);1,3H,(H,4,5);4*1H4;;/q-1;;-1;;;;;;. The van der Waals surface area contributed by atoms with E-state index in [4.69, 9.17) is 29.6 Å². The van der Waals surface area contributed by atoms with Crippen LogP contribution in [0, 0.1) is 27.5 Å². The number of halogens is 4. The number of carbonyl (C=O) groups excluding carboxylic acids is 2. The molecule has 224 valence electrons. The number of aliphatic hydroxyl groups is 1. The number of aromatic carboxylic acids is 1. The van der Waals surface area contributed by atoms with Gasteiger partial charge in [0.25, 0.3) is 0 Å². The van der Waals surface area contributed by atoms with E-state index in [9.17, 15) is 19.5 Å². The Morgan fingerprint density at radius 3 is 1.40 bits per heavy atom. The number of carboxylic acids is 2. The first kappa shape index (κ1) is 56.7. The molecule has 2 aromatic rings. The first-order valence-corrected chi connectivity index (χ1v) is 12.8. The number of aliphatic hydroxyl groups excluding tert-OH is 1. The third-order valence-corrected chi connectivity index (χ3v) is 6.39. The Morgan fingerprint density at radius 1 is 0.775 bits per heavy atom. The monoisotopic (exact) mass is 1170 g/mol. The zero-order valence-corrected chi connectivity index (χ0v) is 32.7. The molecule has 0 aliphatic rings. The molecule has 0 aromatic heterocycles. The fraction of sp³-hybridized carbons (Fsp3) is 0.250. The number of phenolic OH excluding ortho intramolecular Hbond substituents is 1. The number of carbonyl (C=O) groups is 4. The second-order valence-corrected chi connectivity index (χ2v) is 10.3. The van der Waals surface area contributed by atoms with Crippen molar-refractivity contribution in [3.63, 3.8) is 0 Å². The Hall–Kier alpha value is 0.948. The molecule has 2 aromatic carbocycles. The summed E-state index contributed by atoms with van der Waals surface area (Å²) in [5.41, 5.74) is 0.582. The summed E-state index contributed by atoms with van der Waals surface area (Å²) < 4.78 is 12.6. The van der Waals surface area contributed by atoms with Crippen molar-refractivity contribution in [1.82, 2.24) is 0 Å². The van der Waals surface area contributed by atoms with Crippen molar-refractivity contribution in [3.8, 4) is 11.5 Å². The average molecular weight is 1170 g/mol. The van der Waals surface area contributed by atoms with Crippen LogP contribution < -0.4 is 4.74 Å². The Morgan fingerprint density at radius 2 is 1.12 bits per heavy atom. The predicted octanol–water partition coefficient (Wildman–Crippen LogP) is 7.26. The first-order chi connectivity index (χ1) is 15.7. The quantitative estimate of drug-likeness (QED) is 0.131. The molecular formula is C24H32I4O10Y2-2. The molecule has 16 heteroatoms. The maximum absolute atomic E-state index is 11.6. The largest absolute Gasteiger partial charge is 0.607 e. The minimum atomic E-state index is -1.31. The number of aromatic hydroxyl groups is 1. The van der Waals surface area contributed by atoms with Crippen molar-refractivity contribution >= 4 is 114 Å². The van der Waals surface area contributed by atoms with Crippen LogP contribution in [0.3, 0.4) is 0 Å². The summed E-state index contributed by atoms with van der Waals surface area (Å²) in [5.74, 6) is -2.30. The van der Waals surface area contributed by atoms with E-state index in [1.165, 1.54) is 19.1 Å². The van der Waals surface area contributed by atoms with Crippen molar-refractivity contribution in [3.05, 3.63) is 62.9 Å². The fourth-order valence-electron chi connectivity index (χ4n) is 1.77. The molecule has 0 unspecified atom stereocenters. The molecule has 4 N–H and O–H groups in total. The molecule has 0 aliphatic carbocycles. The Bertz CT molecular complexity index is 1020. The van der Waals surface area contributed by atoms with Crippen LogP contribution in [-0.4, -0.2) is 51.2 Å². The number of phenols is 1. The van der Waals surface area contributed by atoms with Crippen LogP contribution in [0.2, 0.25) is 0 Å². The zero-order valence-electron chi connectivity index (χ0n) is 18.4. The zero-order chi connectivity index (χ0) is 26.6. The van der Waals surface area contributed by atoms with Gasteiger partial charge in [0.1, 0.15) is 11.5 Å². The summed E-state index contributed by atoms with van der Waals surface area (Å²) in [6, 6.07) is 6.16. The molecule has 0 fully saturated rings. The number of hydrogen-bond acceptors (Lipinski definition) is 8. The number of methoxy groups -OCH3 is 1. The fourth-order valence-corrected chi connectivity index (χ4v) is 5.74. The van der Waals surface area contributed by atoms with Crippen molar-refractivity contribution in [1.29, 1.82) is 0 Å². The van der Waals surface area contributed by atoms with E-state index in [-0.39, 0.29) is 119 Å². The smallest absolute Gasteiger partial charge is 0.335 e. The van der Waals surface area contributed by atoms with Gasteiger partial charge in [-0.25, -0.2) is 9.59 Å². The summed E-state index contributed by atoms with van der Waals surface area (Å²) in [7, 11) is 1.57. The van der Waals surface area contributed by atoms with Crippen LogP contribution in [0.1, 0.15) is 57.3 Å². The molecule has 2 radical (unpaired) electrons. The molecule has 0 heterocycles. The molecule has 0 atom stereocenters. The Kier molecular flexibility index (Phi) is 42.5. The number of hydrogen-bond donors (Lipinski definition) is 4. The van der Waals surface area contributed by atoms with E-state index in [2.05, 4.69) is 45.2 Å². The molecule has 40 heavy (non-hydrogen) atoms. The molecule has 0 saturated carbocycles. The van der Waals surface area contributed by atoms with Crippen molar-refractivity contribution in [2.24, 2.45) is 0 Å². The van der Waals surface area contributed by atoms with Crippen LogP contribution in [0.4, 0.5) is 0 Å². The van der Waals surface area contributed by atoms with Crippen LogP contribution in [0.5, 0.6) is 11.5 Å². The van der Waals surface area contributed by atoms with Crippen molar-refractivity contribution < 1.29 is 114 Å². The molecule has 0 aliphatic heterocycles. The molecule has 2 rings (SSSR count). The maximum atomic E-state index is 11.6. The van der Waals surface area contributed by atoms with Crippen LogP contribution >= 0.6 is 90.4 Å². The van der Waals surface area contributed by atoms with Gasteiger partial charge in [0, 0.05) is 71.2 Å². The van der Waals surface area contributed by atoms with E-state index < -0.39 is 17.9 Å². The van der Waals surface area contributed by atoms with Gasteiger partial charge < -0.3 is 34.7 Å². The normalized spacial score (nSPS) is 7.88. The van der Waals surface area contributed by atoms with Crippen molar-refractivity contribution in [2.75, 3.05) is 7.11 Å². The van der Waals surface area contributed by atoms with E-state index in [0.29, 0.717) is 12.7 Å². The molecule has 0 saturated heterocycles. The molecule has 0 bridgehead atoms. The molecular weight excluding hydrogens is 1130 g/mol. The first-order valence-electron chi connectivity index (χ1n) is 8.44. The summed E-state index contributed by atoms with van der Waals surface area (Å²) >= 11 is 7.93. The minimum absolute atomic E-state index is 0. The third-order valence-electron chi connectivity index (χ3n) is 3.14. The van der Waals surface area contributed by atoms with Gasteiger partial charge in [-0.05, 0) is 122 Å². The van der Waals surface area contributed by atoms with Gasteiger partial charge in [-0.1, -0.05) is 29.7 Å². The maximum Gasteiger partial charge on any atom is 0.335 e. The van der Waals surface area contributed by atoms with E-state index in [0.717, 1.165) is 19.5 Å². The number of esters is 1. The van der Waals surface area contributed by atoms with Gasteiger partial charge in [-0.2, -0.15) is 13.2 Å². The summed E-state index contributed by atoms with van der Waals surface area (Å²) in [6.45, 7) is 2.29. The number of aliphatic carboxylic acids is 1. The van der Waals surface area contributed by atoms with Gasteiger partial charge in [-0.15, -0.1) is 0 Å². The van der Waals surface area contributed by atoms with E-state index in [1.807, 2.05) is 45.2 Å². The number of carboxylic acid groups (broad SMARTS) is 2. The number of ketones is 1. The summed E-state index contributed by atoms with van der Waals surface area (Å²) in [6.07, 6.45) is 0. The number of rotatable bonds is 6. The van der Waals surface area contributed by atoms with Crippen LogP contribution in [-0.2, 0) is 79.7 Å². The second kappa shape index (κ2) is 30.0. The molecule has 0 amide bonds. The van der Waals surface area contributed by atoms with Crippen molar-refractivity contribution in [2.45, 2.75) is 36.6 Å². The Labute approximate surface area is 341 Å². The Balaban J connectivity index is -0.0000000846. The summed E-state index contributed by atoms with van der Waals surface area (Å²) in [5, 5.41) is 32.8. The van der Waals surface area contributed by atoms with Gasteiger partial charge in [0.15, 0.2) is 5.97 Å². The van der Waals surface area contributed by atoms with Gasteiger partial charge in [0.05, 0.1) is 32.5 Å². The number of ether oxygens (including phenoxy) is 2. The van der Waals surface area contributed by atoms with Crippen LogP contribution in [0.25, 0.3) is 0 Å². The SMILES string of the molecule is C.C.C.C.COc1c(I)cc(C(=O)O[CH-]C(C)=O)cc1I.O=C(O)[CH-]O.O=C(O)c1cc(I)c(O)c(I)c1.[Y].[Y]. The van der Waals surface area contributed by atoms with Crippen LogP contribution in [0.15, 0.2) is 24.3 Å². The molecule has 10 nitrogen and oxygen atoms in total. The van der Waals surface area contributed by atoms with Gasteiger partial charge in [0.2, 0.25) is 0 Å².